The molecule has 2 aliphatic heterocycles. The number of aromatic nitrogens is 2. The Hall–Kier alpha value is -2.30. The van der Waals surface area contributed by atoms with Crippen molar-refractivity contribution < 1.29 is 4.74 Å². The molecule has 2 aromatic rings. The third-order valence-corrected chi connectivity index (χ3v) is 8.74. The molecule has 0 spiro atoms. The number of aryl methyl sites for hydroxylation is 1. The number of ether oxygens (including phenoxy) is 1. The summed E-state index contributed by atoms with van der Waals surface area (Å²) in [7, 11) is 0. The van der Waals surface area contributed by atoms with Crippen molar-refractivity contribution in [3.8, 4) is 0 Å². The molecule has 226 valence electrons. The van der Waals surface area contributed by atoms with Crippen LogP contribution in [-0.2, 0) is 17.8 Å². The van der Waals surface area contributed by atoms with Gasteiger partial charge in [-0.15, -0.1) is 0 Å². The normalized spacial score (nSPS) is 19.5. The molecule has 1 aliphatic carbocycles. The Kier molecular flexibility index (Phi) is 12.0. The first-order valence-corrected chi connectivity index (χ1v) is 16.1. The molecule has 0 amide bonds. The van der Waals surface area contributed by atoms with E-state index in [1.165, 1.54) is 49.7 Å². The van der Waals surface area contributed by atoms with E-state index in [1.807, 2.05) is 0 Å². The van der Waals surface area contributed by atoms with Crippen LogP contribution in [0.1, 0.15) is 55.3 Å². The molecule has 3 fully saturated rings. The van der Waals surface area contributed by atoms with Crippen molar-refractivity contribution in [3.05, 3.63) is 47.2 Å². The summed E-state index contributed by atoms with van der Waals surface area (Å²) in [6.07, 6.45) is 8.12. The zero-order chi connectivity index (χ0) is 28.1. The van der Waals surface area contributed by atoms with Crippen LogP contribution in [0.2, 0.25) is 0 Å². The quantitative estimate of drug-likeness (QED) is 0.300. The highest BCUT2D eigenvalue weighted by molar-refractivity contribution is 5.45. The van der Waals surface area contributed by atoms with Gasteiger partial charge in [0, 0.05) is 83.2 Å². The van der Waals surface area contributed by atoms with Gasteiger partial charge in [-0.3, -0.25) is 9.80 Å². The number of benzene rings is 1. The Labute approximate surface area is 247 Å². The molecule has 5 rings (SSSR count). The summed E-state index contributed by atoms with van der Waals surface area (Å²) in [5, 5.41) is 10.8. The number of morpholine rings is 1. The fraction of sp³-hybridized carbons (Fsp3) is 0.688. The van der Waals surface area contributed by atoms with Gasteiger partial charge in [0.15, 0.2) is 0 Å². The highest BCUT2D eigenvalue weighted by Gasteiger charge is 2.20. The SMILES string of the molecule is Cc1cc(N2CCN(CCN3CCOCC3)CC2)nc(NCc2ccc(CNCCCNC3CCCCC3)cc2)n1. The number of hydrogen-bond acceptors (Lipinski definition) is 9. The minimum Gasteiger partial charge on any atom is -0.379 e. The molecule has 0 unspecified atom stereocenters. The molecule has 1 saturated carbocycles. The van der Waals surface area contributed by atoms with Gasteiger partial charge >= 0.3 is 0 Å². The van der Waals surface area contributed by atoms with Crippen LogP contribution in [0.5, 0.6) is 0 Å². The van der Waals surface area contributed by atoms with Gasteiger partial charge in [0.25, 0.3) is 0 Å². The van der Waals surface area contributed by atoms with E-state index >= 15 is 0 Å². The molecule has 1 aromatic heterocycles. The number of nitrogens with one attached hydrogen (secondary N) is 3. The summed E-state index contributed by atoms with van der Waals surface area (Å²) in [6, 6.07) is 11.7. The van der Waals surface area contributed by atoms with E-state index in [2.05, 4.69) is 72.9 Å². The summed E-state index contributed by atoms with van der Waals surface area (Å²) in [6.45, 7) is 16.2. The molecule has 3 heterocycles. The molecular weight excluding hydrogens is 512 g/mol. The molecule has 1 aromatic carbocycles. The molecule has 2 saturated heterocycles. The number of rotatable bonds is 14. The van der Waals surface area contributed by atoms with Gasteiger partial charge in [0.1, 0.15) is 5.82 Å². The molecule has 0 atom stereocenters. The third-order valence-electron chi connectivity index (χ3n) is 8.74. The van der Waals surface area contributed by atoms with Crippen LogP contribution in [0.3, 0.4) is 0 Å². The van der Waals surface area contributed by atoms with E-state index in [1.54, 1.807) is 0 Å². The van der Waals surface area contributed by atoms with Crippen molar-refractivity contribution in [1.82, 2.24) is 30.4 Å². The van der Waals surface area contributed by atoms with Crippen LogP contribution in [0.25, 0.3) is 0 Å². The maximum atomic E-state index is 5.47. The fourth-order valence-electron chi connectivity index (χ4n) is 6.12. The van der Waals surface area contributed by atoms with Crippen molar-refractivity contribution in [3.63, 3.8) is 0 Å². The summed E-state index contributed by atoms with van der Waals surface area (Å²) < 4.78 is 5.47. The topological polar surface area (TPSA) is 80.8 Å². The van der Waals surface area contributed by atoms with E-state index in [-0.39, 0.29) is 0 Å². The van der Waals surface area contributed by atoms with Crippen LogP contribution in [0.4, 0.5) is 11.8 Å². The first-order valence-electron chi connectivity index (χ1n) is 16.1. The van der Waals surface area contributed by atoms with Gasteiger partial charge in [-0.25, -0.2) is 4.98 Å². The van der Waals surface area contributed by atoms with Crippen molar-refractivity contribution in [2.24, 2.45) is 0 Å². The van der Waals surface area contributed by atoms with Crippen molar-refractivity contribution >= 4 is 11.8 Å². The smallest absolute Gasteiger partial charge is 0.225 e. The lowest BCUT2D eigenvalue weighted by Crippen LogP contribution is -2.49. The largest absolute Gasteiger partial charge is 0.379 e. The van der Waals surface area contributed by atoms with Crippen LogP contribution >= 0.6 is 0 Å². The second-order valence-corrected chi connectivity index (χ2v) is 12.0. The summed E-state index contributed by atoms with van der Waals surface area (Å²) in [5.41, 5.74) is 3.57. The summed E-state index contributed by atoms with van der Waals surface area (Å²) in [4.78, 5) is 17.0. The zero-order valence-corrected chi connectivity index (χ0v) is 25.3. The Morgan fingerprint density at radius 1 is 0.805 bits per heavy atom. The van der Waals surface area contributed by atoms with Gasteiger partial charge < -0.3 is 25.6 Å². The summed E-state index contributed by atoms with van der Waals surface area (Å²) in [5.74, 6) is 1.74. The van der Waals surface area contributed by atoms with E-state index in [4.69, 9.17) is 9.72 Å². The lowest BCUT2D eigenvalue weighted by Gasteiger charge is -2.37. The molecule has 3 aliphatic rings. The zero-order valence-electron chi connectivity index (χ0n) is 25.3. The Bertz CT molecular complexity index is 1010. The molecule has 9 heteroatoms. The second kappa shape index (κ2) is 16.4. The maximum absolute atomic E-state index is 5.47. The Balaban J connectivity index is 0.991. The Morgan fingerprint density at radius 2 is 1.49 bits per heavy atom. The van der Waals surface area contributed by atoms with Gasteiger partial charge in [0.05, 0.1) is 13.2 Å². The first-order chi connectivity index (χ1) is 20.2. The van der Waals surface area contributed by atoms with Crippen LogP contribution in [0, 0.1) is 6.92 Å². The number of nitrogens with zero attached hydrogens (tertiary/aromatic N) is 5. The Morgan fingerprint density at radius 3 is 2.22 bits per heavy atom. The van der Waals surface area contributed by atoms with Gasteiger partial charge in [-0.1, -0.05) is 43.5 Å². The van der Waals surface area contributed by atoms with Crippen LogP contribution < -0.4 is 20.9 Å². The molecule has 3 N–H and O–H groups in total. The summed E-state index contributed by atoms with van der Waals surface area (Å²) >= 11 is 0. The van der Waals surface area contributed by atoms with E-state index in [0.717, 1.165) is 109 Å². The first kappa shape index (κ1) is 30.2. The minimum absolute atomic E-state index is 0.710. The van der Waals surface area contributed by atoms with Crippen molar-refractivity contribution in [1.29, 1.82) is 0 Å². The molecular formula is C32H52N8O. The molecule has 41 heavy (non-hydrogen) atoms. The molecule has 0 radical (unpaired) electrons. The van der Waals surface area contributed by atoms with Gasteiger partial charge in [-0.05, 0) is 50.4 Å². The number of hydrogen-bond donors (Lipinski definition) is 3. The standard InChI is InChI=1S/C32H52N8O/c1-27-24-31(40-18-16-38(17-19-40)14-15-39-20-22-41-23-21-39)37-32(36-27)35-26-29-10-8-28(9-11-29)25-33-12-5-13-34-30-6-3-2-4-7-30/h8-11,24,30,33-34H,2-7,12-23,25-26H2,1H3,(H,35,36,37). The predicted octanol–water partition coefficient (Wildman–Crippen LogP) is 3.25. The highest BCUT2D eigenvalue weighted by Crippen LogP contribution is 2.18. The van der Waals surface area contributed by atoms with Crippen LogP contribution in [0.15, 0.2) is 30.3 Å². The number of piperazine rings is 1. The van der Waals surface area contributed by atoms with Crippen molar-refractivity contribution in [2.75, 3.05) is 88.9 Å². The molecule has 0 bridgehead atoms. The third kappa shape index (κ3) is 10.2. The van der Waals surface area contributed by atoms with Gasteiger partial charge in [0.2, 0.25) is 5.95 Å². The van der Waals surface area contributed by atoms with E-state index < -0.39 is 0 Å². The molecule has 9 nitrogen and oxygen atoms in total. The average molecular weight is 565 g/mol. The lowest BCUT2D eigenvalue weighted by molar-refractivity contribution is 0.0331. The van der Waals surface area contributed by atoms with Crippen LogP contribution in [-0.4, -0.2) is 104 Å². The average Bonchev–Trinajstić information content (AvgIpc) is 3.02. The maximum Gasteiger partial charge on any atom is 0.225 e. The fourth-order valence-corrected chi connectivity index (χ4v) is 6.12. The predicted molar refractivity (Wildman–Crippen MR) is 168 cm³/mol. The lowest BCUT2D eigenvalue weighted by atomic mass is 9.95. The highest BCUT2D eigenvalue weighted by atomic mass is 16.5. The van der Waals surface area contributed by atoms with E-state index in [9.17, 15) is 0 Å². The number of anilines is 2. The monoisotopic (exact) mass is 564 g/mol. The van der Waals surface area contributed by atoms with Gasteiger partial charge in [-0.2, -0.15) is 4.98 Å². The second-order valence-electron chi connectivity index (χ2n) is 12.0. The van der Waals surface area contributed by atoms with E-state index in [0.29, 0.717) is 5.95 Å². The van der Waals surface area contributed by atoms with Crippen molar-refractivity contribution in [2.45, 2.75) is 64.6 Å². The minimum atomic E-state index is 0.710.